The first-order valence-corrected chi connectivity index (χ1v) is 8.20. The Bertz CT molecular complexity index is 763. The minimum absolute atomic E-state index is 0.302. The maximum Gasteiger partial charge on any atom is 0.337 e. The molecular formula is C17H21N5O3. The maximum absolute atomic E-state index is 12.4. The van der Waals surface area contributed by atoms with Gasteiger partial charge in [-0.3, -0.25) is 10.1 Å². The molecule has 0 bridgehead atoms. The predicted molar refractivity (Wildman–Crippen MR) is 91.6 cm³/mol. The van der Waals surface area contributed by atoms with E-state index in [1.165, 1.54) is 7.11 Å². The molecule has 2 aromatic rings. The predicted octanol–water partition coefficient (Wildman–Crippen LogP) is 1.32. The average Bonchev–Trinajstić information content (AvgIpc) is 3.02. The smallest absolute Gasteiger partial charge is 0.337 e. The second-order valence-electron chi connectivity index (χ2n) is 5.96. The molecule has 0 saturated carbocycles. The molecule has 3 rings (SSSR count). The normalized spacial score (nSPS) is 15.0. The number of rotatable bonds is 4. The fraction of sp³-hybridized carbons (Fsp3) is 0.412. The van der Waals surface area contributed by atoms with Crippen LogP contribution in [0.5, 0.6) is 0 Å². The molecule has 0 unspecified atom stereocenters. The number of anilines is 1. The molecule has 0 aliphatic carbocycles. The third kappa shape index (κ3) is 3.85. The lowest BCUT2D eigenvalue weighted by Gasteiger charge is -2.19. The molecule has 1 aromatic heterocycles. The van der Waals surface area contributed by atoms with Crippen LogP contribution in [0.4, 0.5) is 5.95 Å². The molecule has 2 heterocycles. The van der Waals surface area contributed by atoms with Crippen LogP contribution in [0.1, 0.15) is 45.3 Å². The second-order valence-corrected chi connectivity index (χ2v) is 5.96. The van der Waals surface area contributed by atoms with E-state index in [9.17, 15) is 9.59 Å². The van der Waals surface area contributed by atoms with Gasteiger partial charge in [0.05, 0.1) is 12.7 Å². The highest BCUT2D eigenvalue weighted by Crippen LogP contribution is 2.23. The molecule has 132 valence electrons. The molecule has 0 radical (unpaired) electrons. The number of nitrogens with one attached hydrogen (secondary N) is 2. The number of carbonyl (C=O) groups excluding carboxylic acids is 2. The van der Waals surface area contributed by atoms with Gasteiger partial charge >= 0.3 is 5.97 Å². The Morgan fingerprint density at radius 2 is 1.84 bits per heavy atom. The molecule has 0 atom stereocenters. The lowest BCUT2D eigenvalue weighted by Crippen LogP contribution is -2.27. The van der Waals surface area contributed by atoms with Crippen molar-refractivity contribution >= 4 is 17.8 Å². The van der Waals surface area contributed by atoms with Crippen LogP contribution in [0.3, 0.4) is 0 Å². The summed E-state index contributed by atoms with van der Waals surface area (Å²) in [5.41, 5.74) is 0.824. The van der Waals surface area contributed by atoms with Crippen molar-refractivity contribution in [2.75, 3.05) is 25.5 Å². The Kier molecular flexibility index (Phi) is 5.08. The Hall–Kier alpha value is -2.74. The molecule has 8 heteroatoms. The van der Waals surface area contributed by atoms with Crippen molar-refractivity contribution in [3.63, 3.8) is 0 Å². The van der Waals surface area contributed by atoms with Gasteiger partial charge in [0.25, 0.3) is 5.91 Å². The number of benzene rings is 1. The van der Waals surface area contributed by atoms with Gasteiger partial charge in [-0.15, -0.1) is 0 Å². The number of aromatic nitrogens is 3. The highest BCUT2D eigenvalue weighted by Gasteiger charge is 2.21. The van der Waals surface area contributed by atoms with Gasteiger partial charge in [-0.2, -0.15) is 10.1 Å². The summed E-state index contributed by atoms with van der Waals surface area (Å²) in [6, 6.07) is 6.26. The topological polar surface area (TPSA) is 98.1 Å². The van der Waals surface area contributed by atoms with Gasteiger partial charge in [0.1, 0.15) is 0 Å². The summed E-state index contributed by atoms with van der Waals surface area (Å²) in [6.07, 6.45) is 1.98. The van der Waals surface area contributed by atoms with Gasteiger partial charge in [-0.1, -0.05) is 0 Å². The van der Waals surface area contributed by atoms with Crippen LogP contribution in [-0.4, -0.2) is 46.8 Å². The minimum Gasteiger partial charge on any atom is -0.465 e. The molecule has 1 amide bonds. The summed E-state index contributed by atoms with van der Waals surface area (Å²) in [4.78, 5) is 28.3. The number of aryl methyl sites for hydroxylation is 1. The molecule has 0 spiro atoms. The van der Waals surface area contributed by atoms with Gasteiger partial charge in [0, 0.05) is 18.5 Å². The summed E-state index contributed by atoms with van der Waals surface area (Å²) in [5, 5.41) is 10.5. The number of piperidine rings is 1. The van der Waals surface area contributed by atoms with Crippen LogP contribution in [-0.2, 0) is 11.8 Å². The summed E-state index contributed by atoms with van der Waals surface area (Å²) < 4.78 is 6.22. The Labute approximate surface area is 145 Å². The number of carbonyl (C=O) groups is 2. The van der Waals surface area contributed by atoms with E-state index in [2.05, 4.69) is 25.5 Å². The second kappa shape index (κ2) is 7.43. The number of ether oxygens (including phenoxy) is 1. The van der Waals surface area contributed by atoms with Crippen molar-refractivity contribution < 1.29 is 14.3 Å². The molecular weight excluding hydrogens is 322 g/mol. The molecule has 2 N–H and O–H groups in total. The van der Waals surface area contributed by atoms with Gasteiger partial charge in [0.2, 0.25) is 5.95 Å². The minimum atomic E-state index is -0.438. The summed E-state index contributed by atoms with van der Waals surface area (Å²) >= 11 is 0. The van der Waals surface area contributed by atoms with E-state index in [1.807, 2.05) is 0 Å². The number of methoxy groups -OCH3 is 1. The number of hydrogen-bond donors (Lipinski definition) is 2. The molecule has 1 saturated heterocycles. The quantitative estimate of drug-likeness (QED) is 0.813. The number of hydrogen-bond acceptors (Lipinski definition) is 6. The fourth-order valence-corrected chi connectivity index (χ4v) is 2.82. The summed E-state index contributed by atoms with van der Waals surface area (Å²) in [5.74, 6) is 0.754. The van der Waals surface area contributed by atoms with E-state index in [-0.39, 0.29) is 5.91 Å². The van der Waals surface area contributed by atoms with Crippen molar-refractivity contribution in [1.82, 2.24) is 20.1 Å². The van der Waals surface area contributed by atoms with E-state index in [4.69, 9.17) is 0 Å². The summed E-state index contributed by atoms with van der Waals surface area (Å²) in [6.45, 7) is 1.91. The van der Waals surface area contributed by atoms with Crippen molar-refractivity contribution in [3.05, 3.63) is 41.2 Å². The zero-order valence-electron chi connectivity index (χ0n) is 14.3. The maximum atomic E-state index is 12.4. The zero-order valence-corrected chi connectivity index (χ0v) is 14.3. The number of amides is 1. The van der Waals surface area contributed by atoms with Crippen molar-refractivity contribution in [1.29, 1.82) is 0 Å². The van der Waals surface area contributed by atoms with Crippen LogP contribution in [0.25, 0.3) is 0 Å². The van der Waals surface area contributed by atoms with Gasteiger partial charge in [-0.05, 0) is 50.2 Å². The van der Waals surface area contributed by atoms with E-state index < -0.39 is 5.97 Å². The molecule has 25 heavy (non-hydrogen) atoms. The fourth-order valence-electron chi connectivity index (χ4n) is 2.82. The average molecular weight is 343 g/mol. The first kappa shape index (κ1) is 17.1. The first-order chi connectivity index (χ1) is 12.1. The van der Waals surface area contributed by atoms with Crippen LogP contribution >= 0.6 is 0 Å². The zero-order chi connectivity index (χ0) is 17.8. The van der Waals surface area contributed by atoms with E-state index >= 15 is 0 Å². The van der Waals surface area contributed by atoms with Gasteiger partial charge in [-0.25, -0.2) is 9.48 Å². The Balaban J connectivity index is 1.70. The highest BCUT2D eigenvalue weighted by molar-refractivity contribution is 6.04. The monoisotopic (exact) mass is 343 g/mol. The van der Waals surface area contributed by atoms with Crippen molar-refractivity contribution in [2.24, 2.45) is 7.05 Å². The highest BCUT2D eigenvalue weighted by atomic mass is 16.5. The number of esters is 1. The molecule has 8 nitrogen and oxygen atoms in total. The molecule has 1 aliphatic rings. The van der Waals surface area contributed by atoms with Crippen molar-refractivity contribution in [3.8, 4) is 0 Å². The third-order valence-electron chi connectivity index (χ3n) is 4.28. The largest absolute Gasteiger partial charge is 0.465 e. The number of nitrogens with zero attached hydrogens (tertiary/aromatic N) is 3. The lowest BCUT2D eigenvalue weighted by molar-refractivity contribution is 0.0600. The van der Waals surface area contributed by atoms with Crippen LogP contribution < -0.4 is 10.6 Å². The molecule has 1 aromatic carbocycles. The van der Waals surface area contributed by atoms with Gasteiger partial charge in [0.15, 0.2) is 5.82 Å². The van der Waals surface area contributed by atoms with E-state index in [1.54, 1.807) is 36.0 Å². The van der Waals surface area contributed by atoms with Crippen LogP contribution in [0.2, 0.25) is 0 Å². The van der Waals surface area contributed by atoms with Gasteiger partial charge < -0.3 is 10.1 Å². The van der Waals surface area contributed by atoms with Crippen molar-refractivity contribution in [2.45, 2.75) is 18.8 Å². The first-order valence-electron chi connectivity index (χ1n) is 8.20. The molecule has 1 aliphatic heterocycles. The Morgan fingerprint density at radius 3 is 2.48 bits per heavy atom. The van der Waals surface area contributed by atoms with E-state index in [0.29, 0.717) is 23.0 Å². The standard InChI is InChI=1S/C17H21N5O3/c1-22-17(19-14(21-22)11-7-9-18-10-8-11)20-15(23)12-3-5-13(6-4-12)16(24)25-2/h3-6,11,18H,7-10H2,1-2H3,(H,19,20,21,23). The van der Waals surface area contributed by atoms with Crippen LogP contribution in [0, 0.1) is 0 Å². The third-order valence-corrected chi connectivity index (χ3v) is 4.28. The SMILES string of the molecule is COC(=O)c1ccc(C(=O)Nc2nc(C3CCNCC3)nn2C)cc1. The lowest BCUT2D eigenvalue weighted by atomic mass is 9.98. The van der Waals surface area contributed by atoms with Crippen LogP contribution in [0.15, 0.2) is 24.3 Å². The molecule has 1 fully saturated rings. The summed E-state index contributed by atoms with van der Waals surface area (Å²) in [7, 11) is 3.07. The van der Waals surface area contributed by atoms with E-state index in [0.717, 1.165) is 31.8 Å². The Morgan fingerprint density at radius 1 is 1.20 bits per heavy atom.